The summed E-state index contributed by atoms with van der Waals surface area (Å²) in [6.07, 6.45) is 3.28. The second-order valence-corrected chi connectivity index (χ2v) is 12.2. The first-order valence-electron chi connectivity index (χ1n) is 14.9. The molecule has 0 unspecified atom stereocenters. The highest BCUT2D eigenvalue weighted by Gasteiger charge is 2.29. The fourth-order valence-electron chi connectivity index (χ4n) is 6.22. The van der Waals surface area contributed by atoms with Crippen molar-refractivity contribution >= 4 is 22.8 Å². The molecule has 2 aromatic heterocycles. The number of imidazole rings is 1. The van der Waals surface area contributed by atoms with Gasteiger partial charge in [0.25, 0.3) is 6.43 Å². The number of morpholine rings is 1. The molecule has 0 radical (unpaired) electrons. The lowest BCUT2D eigenvalue weighted by molar-refractivity contribution is 0.0163. The third-order valence-corrected chi connectivity index (χ3v) is 8.21. The minimum Gasteiger partial charge on any atom is -0.389 e. The summed E-state index contributed by atoms with van der Waals surface area (Å²) >= 11 is 0. The molecule has 1 saturated carbocycles. The number of rotatable bonds is 11. The number of halogens is 2. The van der Waals surface area contributed by atoms with Gasteiger partial charge in [0, 0.05) is 38.3 Å². The Morgan fingerprint density at radius 3 is 2.60 bits per heavy atom. The molecule has 0 spiro atoms. The van der Waals surface area contributed by atoms with Crippen molar-refractivity contribution < 1.29 is 18.6 Å². The zero-order chi connectivity index (χ0) is 29.9. The fourth-order valence-corrected chi connectivity index (χ4v) is 6.22. The van der Waals surface area contributed by atoms with Gasteiger partial charge in [-0.1, -0.05) is 18.2 Å². The maximum atomic E-state index is 14.2. The third kappa shape index (κ3) is 7.07. The van der Waals surface area contributed by atoms with Crippen LogP contribution in [0.5, 0.6) is 0 Å². The molecule has 228 valence electrons. The molecular weight excluding hydrogens is 540 g/mol. The number of aliphatic hydroxyl groups is 1. The van der Waals surface area contributed by atoms with Crippen LogP contribution in [0.2, 0.25) is 0 Å². The minimum absolute atomic E-state index is 0.0844. The van der Waals surface area contributed by atoms with E-state index in [2.05, 4.69) is 33.6 Å². The summed E-state index contributed by atoms with van der Waals surface area (Å²) in [6.45, 7) is 13.5. The van der Waals surface area contributed by atoms with Gasteiger partial charge in [0.05, 0.1) is 35.9 Å². The van der Waals surface area contributed by atoms with Crippen LogP contribution in [0.4, 0.5) is 20.5 Å². The van der Waals surface area contributed by atoms with Gasteiger partial charge in [-0.25, -0.2) is 13.8 Å². The predicted molar refractivity (Wildman–Crippen MR) is 162 cm³/mol. The Hall–Kier alpha value is -3.15. The molecule has 1 saturated heterocycles. The van der Waals surface area contributed by atoms with Gasteiger partial charge in [0.1, 0.15) is 11.6 Å². The van der Waals surface area contributed by atoms with Crippen molar-refractivity contribution in [3.63, 3.8) is 0 Å². The zero-order valence-electron chi connectivity index (χ0n) is 24.8. The first kappa shape index (κ1) is 30.3. The standard InChI is InChI=1S/C31H43F2N7O2/c1-5-14-38(20-31(3,4)41)23-12-10-22(11-13-23)18-34-30-36-26(39-15-16-42-19-21(39)2)17-27(37-30)40-25-9-7-6-8-24(25)35-29(40)28(32)33/h5-9,17,21-23,28,41H,1,10-16,18-20H2,2-4H3,(H,34,36,37)/t21-,22?,23?/m0/s1. The Labute approximate surface area is 246 Å². The van der Waals surface area contributed by atoms with E-state index in [0.717, 1.165) is 32.2 Å². The lowest BCUT2D eigenvalue weighted by atomic mass is 9.85. The van der Waals surface area contributed by atoms with Crippen LogP contribution >= 0.6 is 0 Å². The minimum atomic E-state index is -2.76. The normalized spacial score (nSPS) is 21.8. The lowest BCUT2D eigenvalue weighted by Gasteiger charge is -2.39. The van der Waals surface area contributed by atoms with E-state index in [1.165, 1.54) is 4.57 Å². The molecule has 2 fully saturated rings. The van der Waals surface area contributed by atoms with Crippen molar-refractivity contribution in [1.82, 2.24) is 24.4 Å². The van der Waals surface area contributed by atoms with E-state index in [0.29, 0.717) is 73.4 Å². The summed E-state index contributed by atoms with van der Waals surface area (Å²) in [5, 5.41) is 13.8. The quantitative estimate of drug-likeness (QED) is 0.298. The van der Waals surface area contributed by atoms with Crippen LogP contribution in [-0.4, -0.2) is 86.6 Å². The van der Waals surface area contributed by atoms with Crippen LogP contribution in [0.3, 0.4) is 0 Å². The number of anilines is 2. The average molecular weight is 584 g/mol. The van der Waals surface area contributed by atoms with E-state index < -0.39 is 12.0 Å². The number of alkyl halides is 2. The molecule has 2 N–H and O–H groups in total. The van der Waals surface area contributed by atoms with Crippen molar-refractivity contribution in [3.05, 3.63) is 48.8 Å². The highest BCUT2D eigenvalue weighted by molar-refractivity contribution is 5.78. The van der Waals surface area contributed by atoms with Crippen molar-refractivity contribution in [2.75, 3.05) is 49.6 Å². The average Bonchev–Trinajstić information content (AvgIpc) is 3.36. The first-order chi connectivity index (χ1) is 20.1. The number of ether oxygens (including phenoxy) is 1. The van der Waals surface area contributed by atoms with Gasteiger partial charge in [0.15, 0.2) is 5.82 Å². The molecule has 2 aliphatic rings. The molecule has 1 aromatic carbocycles. The molecule has 3 heterocycles. The Morgan fingerprint density at radius 2 is 1.90 bits per heavy atom. The van der Waals surface area contributed by atoms with E-state index in [-0.39, 0.29) is 11.9 Å². The molecule has 1 atom stereocenters. The number of aromatic nitrogens is 4. The molecule has 3 aromatic rings. The molecule has 1 aliphatic heterocycles. The van der Waals surface area contributed by atoms with Crippen LogP contribution in [0.15, 0.2) is 43.0 Å². The summed E-state index contributed by atoms with van der Waals surface area (Å²) in [5.74, 6) is 1.54. The number of hydrogen-bond acceptors (Lipinski definition) is 8. The summed E-state index contributed by atoms with van der Waals surface area (Å²) in [4.78, 5) is 18.3. The number of benzene rings is 1. The maximum Gasteiger partial charge on any atom is 0.296 e. The molecule has 11 heteroatoms. The maximum absolute atomic E-state index is 14.2. The van der Waals surface area contributed by atoms with Crippen LogP contribution in [0, 0.1) is 5.92 Å². The Kier molecular flexibility index (Phi) is 9.39. The van der Waals surface area contributed by atoms with Crippen molar-refractivity contribution in [2.45, 2.75) is 70.6 Å². The zero-order valence-corrected chi connectivity index (χ0v) is 24.8. The molecule has 5 rings (SSSR count). The van der Waals surface area contributed by atoms with Gasteiger partial charge < -0.3 is 20.1 Å². The van der Waals surface area contributed by atoms with Crippen LogP contribution in [-0.2, 0) is 4.74 Å². The van der Waals surface area contributed by atoms with Gasteiger partial charge in [-0.05, 0) is 64.5 Å². The molecule has 9 nitrogen and oxygen atoms in total. The van der Waals surface area contributed by atoms with Crippen LogP contribution < -0.4 is 10.2 Å². The molecule has 0 bridgehead atoms. The Morgan fingerprint density at radius 1 is 1.17 bits per heavy atom. The van der Waals surface area contributed by atoms with Crippen LogP contribution in [0.25, 0.3) is 16.9 Å². The number of para-hydroxylation sites is 2. The smallest absolute Gasteiger partial charge is 0.296 e. The molecular formula is C31H43F2N7O2. The van der Waals surface area contributed by atoms with E-state index >= 15 is 0 Å². The van der Waals surface area contributed by atoms with Crippen molar-refractivity contribution in [1.29, 1.82) is 0 Å². The highest BCUT2D eigenvalue weighted by atomic mass is 19.3. The SMILES string of the molecule is C=CCN(CC(C)(C)O)C1CCC(CNc2nc(N3CCOC[C@@H]3C)cc(-n3c(C(F)F)nc4ccccc43)n2)CC1. The lowest BCUT2D eigenvalue weighted by Crippen LogP contribution is -2.46. The first-order valence-corrected chi connectivity index (χ1v) is 14.9. The van der Waals surface area contributed by atoms with Gasteiger partial charge in [-0.3, -0.25) is 9.47 Å². The Balaban J connectivity index is 1.37. The summed E-state index contributed by atoms with van der Waals surface area (Å²) in [6, 6.07) is 9.38. The number of nitrogens with zero attached hydrogens (tertiary/aromatic N) is 6. The largest absolute Gasteiger partial charge is 0.389 e. The topological polar surface area (TPSA) is 91.6 Å². The monoisotopic (exact) mass is 583 g/mol. The number of nitrogens with one attached hydrogen (secondary N) is 1. The van der Waals surface area contributed by atoms with E-state index in [9.17, 15) is 13.9 Å². The predicted octanol–water partition coefficient (Wildman–Crippen LogP) is 5.21. The summed E-state index contributed by atoms with van der Waals surface area (Å²) in [7, 11) is 0. The van der Waals surface area contributed by atoms with Gasteiger partial charge in [-0.2, -0.15) is 9.97 Å². The number of hydrogen-bond donors (Lipinski definition) is 2. The van der Waals surface area contributed by atoms with E-state index in [4.69, 9.17) is 14.7 Å². The third-order valence-electron chi connectivity index (χ3n) is 8.21. The highest BCUT2D eigenvalue weighted by Crippen LogP contribution is 2.31. The van der Waals surface area contributed by atoms with Crippen molar-refractivity contribution in [3.8, 4) is 5.82 Å². The molecule has 1 aliphatic carbocycles. The molecule has 42 heavy (non-hydrogen) atoms. The van der Waals surface area contributed by atoms with Crippen LogP contribution in [0.1, 0.15) is 58.7 Å². The summed E-state index contributed by atoms with van der Waals surface area (Å²) in [5.41, 5.74) is 0.311. The fraction of sp³-hybridized carbons (Fsp3) is 0.581. The van der Waals surface area contributed by atoms with Gasteiger partial charge >= 0.3 is 0 Å². The van der Waals surface area contributed by atoms with Gasteiger partial charge in [-0.15, -0.1) is 6.58 Å². The second kappa shape index (κ2) is 13.0. The Bertz CT molecular complexity index is 1350. The second-order valence-electron chi connectivity index (χ2n) is 12.2. The summed E-state index contributed by atoms with van der Waals surface area (Å²) < 4.78 is 35.5. The van der Waals surface area contributed by atoms with E-state index in [1.807, 2.05) is 26.0 Å². The van der Waals surface area contributed by atoms with Gasteiger partial charge in [0.2, 0.25) is 5.95 Å². The molecule has 0 amide bonds. The van der Waals surface area contributed by atoms with E-state index in [1.54, 1.807) is 24.3 Å². The number of fused-ring (bicyclic) bond motifs is 1. The van der Waals surface area contributed by atoms with Crippen molar-refractivity contribution in [2.24, 2.45) is 5.92 Å².